The van der Waals surface area contributed by atoms with Gasteiger partial charge < -0.3 is 18.8 Å². The third kappa shape index (κ3) is 4.31. The van der Waals surface area contributed by atoms with Gasteiger partial charge in [-0.3, -0.25) is 4.90 Å². The molecule has 34 heavy (non-hydrogen) atoms. The average molecular weight is 460 g/mol. The quantitative estimate of drug-likeness (QED) is 0.426. The van der Waals surface area contributed by atoms with Crippen molar-refractivity contribution < 1.29 is 13.9 Å². The molecular formula is C26H29N5O3. The first-order valence-electron chi connectivity index (χ1n) is 12.2. The van der Waals surface area contributed by atoms with Crippen LogP contribution in [0.3, 0.4) is 0 Å². The maximum absolute atomic E-state index is 6.11. The molecule has 0 radical (unpaired) electrons. The number of hydrogen-bond donors (Lipinski definition) is 0. The Kier molecular flexibility index (Phi) is 5.99. The van der Waals surface area contributed by atoms with Crippen molar-refractivity contribution in [2.75, 3.05) is 57.4 Å². The van der Waals surface area contributed by atoms with Gasteiger partial charge >= 0.3 is 0 Å². The lowest BCUT2D eigenvalue weighted by molar-refractivity contribution is 0.122. The molecule has 0 unspecified atom stereocenters. The Bertz CT molecular complexity index is 1280. The zero-order valence-electron chi connectivity index (χ0n) is 19.3. The van der Waals surface area contributed by atoms with Gasteiger partial charge in [-0.05, 0) is 50.2 Å². The lowest BCUT2D eigenvalue weighted by Crippen LogP contribution is -2.37. The topological polar surface area (TPSA) is 76.8 Å². The van der Waals surface area contributed by atoms with Crippen molar-refractivity contribution in [1.29, 1.82) is 0 Å². The fourth-order valence-corrected chi connectivity index (χ4v) is 4.78. The van der Waals surface area contributed by atoms with Crippen LogP contribution in [0.1, 0.15) is 19.3 Å². The highest BCUT2D eigenvalue weighted by Crippen LogP contribution is 2.34. The monoisotopic (exact) mass is 459 g/mol. The molecule has 176 valence electrons. The van der Waals surface area contributed by atoms with Crippen molar-refractivity contribution in [3.63, 3.8) is 0 Å². The van der Waals surface area contributed by atoms with Gasteiger partial charge in [0.15, 0.2) is 17.2 Å². The second-order valence-electron chi connectivity index (χ2n) is 8.88. The van der Waals surface area contributed by atoms with Crippen LogP contribution in [0.5, 0.6) is 5.75 Å². The Morgan fingerprint density at radius 2 is 1.82 bits per heavy atom. The summed E-state index contributed by atoms with van der Waals surface area (Å²) in [7, 11) is 0. The number of furan rings is 1. The van der Waals surface area contributed by atoms with Gasteiger partial charge in [-0.2, -0.15) is 0 Å². The van der Waals surface area contributed by atoms with E-state index in [0.29, 0.717) is 36.9 Å². The summed E-state index contributed by atoms with van der Waals surface area (Å²) >= 11 is 0. The Morgan fingerprint density at radius 3 is 2.71 bits per heavy atom. The fraction of sp³-hybridized carbons (Fsp3) is 0.423. The highest BCUT2D eigenvalue weighted by Gasteiger charge is 2.23. The second kappa shape index (κ2) is 9.56. The number of likely N-dealkylation sites (tertiary alicyclic amines) is 1. The van der Waals surface area contributed by atoms with Gasteiger partial charge in [0.1, 0.15) is 17.9 Å². The summed E-state index contributed by atoms with van der Waals surface area (Å²) in [5.74, 6) is 2.28. The maximum Gasteiger partial charge on any atom is 0.229 e. The number of rotatable bonds is 6. The largest absolute Gasteiger partial charge is 0.492 e. The van der Waals surface area contributed by atoms with E-state index in [-0.39, 0.29) is 0 Å². The van der Waals surface area contributed by atoms with Crippen LogP contribution in [0, 0.1) is 0 Å². The van der Waals surface area contributed by atoms with Gasteiger partial charge in [0.2, 0.25) is 5.71 Å². The molecule has 6 rings (SSSR count). The number of piperidine rings is 1. The van der Waals surface area contributed by atoms with Crippen LogP contribution in [0.4, 0.5) is 5.82 Å². The molecule has 0 spiro atoms. The van der Waals surface area contributed by atoms with Crippen LogP contribution in [0.25, 0.3) is 33.6 Å². The molecule has 3 aromatic heterocycles. The molecule has 1 aromatic carbocycles. The first-order valence-corrected chi connectivity index (χ1v) is 12.2. The van der Waals surface area contributed by atoms with E-state index >= 15 is 0 Å². The molecule has 0 bridgehead atoms. The molecular weight excluding hydrogens is 430 g/mol. The van der Waals surface area contributed by atoms with Crippen LogP contribution in [-0.4, -0.2) is 72.4 Å². The number of benzene rings is 1. The summed E-state index contributed by atoms with van der Waals surface area (Å²) < 4.78 is 17.8. The zero-order valence-corrected chi connectivity index (χ0v) is 19.3. The van der Waals surface area contributed by atoms with Crippen LogP contribution >= 0.6 is 0 Å². The van der Waals surface area contributed by atoms with Crippen molar-refractivity contribution in [3.05, 3.63) is 42.6 Å². The molecule has 5 heterocycles. The summed E-state index contributed by atoms with van der Waals surface area (Å²) in [4.78, 5) is 19.0. The molecule has 2 fully saturated rings. The first kappa shape index (κ1) is 21.3. The summed E-state index contributed by atoms with van der Waals surface area (Å²) in [6.45, 7) is 6.84. The Labute approximate surface area is 198 Å². The van der Waals surface area contributed by atoms with Crippen LogP contribution < -0.4 is 9.64 Å². The molecule has 2 aliphatic rings. The molecule has 0 amide bonds. The summed E-state index contributed by atoms with van der Waals surface area (Å²) in [5, 5.41) is 0.893. The SMILES string of the molecule is c1cc(OCCN2CCCCC2)cc(-c2nc(N3CCOCC3)c3oc4ncccc4c3n2)c1. The van der Waals surface area contributed by atoms with Crippen LogP contribution in [0.2, 0.25) is 0 Å². The molecule has 2 aliphatic heterocycles. The number of anilines is 1. The smallest absolute Gasteiger partial charge is 0.229 e. The minimum atomic E-state index is 0.577. The number of ether oxygens (including phenoxy) is 2. The Hall–Kier alpha value is -3.23. The van der Waals surface area contributed by atoms with Crippen molar-refractivity contribution in [2.45, 2.75) is 19.3 Å². The normalized spacial score (nSPS) is 17.5. The summed E-state index contributed by atoms with van der Waals surface area (Å²) in [6, 6.07) is 12.0. The molecule has 0 N–H and O–H groups in total. The van der Waals surface area contributed by atoms with Gasteiger partial charge in [-0.1, -0.05) is 18.6 Å². The Balaban J connectivity index is 1.32. The zero-order chi connectivity index (χ0) is 22.7. The van der Waals surface area contributed by atoms with Crippen LogP contribution in [0.15, 0.2) is 47.0 Å². The molecule has 0 atom stereocenters. The van der Waals surface area contributed by atoms with Crippen LogP contribution in [-0.2, 0) is 4.74 Å². The van der Waals surface area contributed by atoms with E-state index in [2.05, 4.69) is 14.8 Å². The minimum Gasteiger partial charge on any atom is -0.492 e. The average Bonchev–Trinajstić information content (AvgIpc) is 3.28. The predicted octanol–water partition coefficient (Wildman–Crippen LogP) is 4.14. The number of morpholine rings is 1. The highest BCUT2D eigenvalue weighted by molar-refractivity contribution is 6.05. The standard InChI is InChI=1S/C26H29N5O3/c1-2-10-30(11-3-1)12-17-33-20-7-4-6-19(18-20)24-28-22-21-8-5-9-27-26(21)34-23(22)25(29-24)31-13-15-32-16-14-31/h4-9,18H,1-3,10-17H2. The first-order chi connectivity index (χ1) is 16.8. The third-order valence-electron chi connectivity index (χ3n) is 6.60. The number of pyridine rings is 1. The van der Waals surface area contributed by atoms with E-state index in [1.807, 2.05) is 36.4 Å². The third-order valence-corrected chi connectivity index (χ3v) is 6.60. The van der Waals surface area contributed by atoms with Crippen molar-refractivity contribution in [1.82, 2.24) is 19.9 Å². The highest BCUT2D eigenvalue weighted by atomic mass is 16.5. The molecule has 2 saturated heterocycles. The van der Waals surface area contributed by atoms with E-state index in [1.54, 1.807) is 6.20 Å². The van der Waals surface area contributed by atoms with Gasteiger partial charge in [0, 0.05) is 31.4 Å². The second-order valence-corrected chi connectivity index (χ2v) is 8.88. The maximum atomic E-state index is 6.11. The lowest BCUT2D eigenvalue weighted by Gasteiger charge is -2.27. The van der Waals surface area contributed by atoms with E-state index in [1.165, 1.54) is 32.4 Å². The van der Waals surface area contributed by atoms with E-state index in [9.17, 15) is 0 Å². The predicted molar refractivity (Wildman–Crippen MR) is 131 cm³/mol. The number of aromatic nitrogens is 3. The molecule has 8 nitrogen and oxygen atoms in total. The minimum absolute atomic E-state index is 0.577. The summed E-state index contributed by atoms with van der Waals surface area (Å²) in [6.07, 6.45) is 5.66. The van der Waals surface area contributed by atoms with E-state index in [4.69, 9.17) is 23.9 Å². The van der Waals surface area contributed by atoms with Crippen molar-refractivity contribution in [3.8, 4) is 17.1 Å². The number of nitrogens with zero attached hydrogens (tertiary/aromatic N) is 5. The van der Waals surface area contributed by atoms with Crippen molar-refractivity contribution >= 4 is 28.0 Å². The Morgan fingerprint density at radius 1 is 0.941 bits per heavy atom. The summed E-state index contributed by atoms with van der Waals surface area (Å²) in [5.41, 5.74) is 2.96. The lowest BCUT2D eigenvalue weighted by atomic mass is 10.1. The van der Waals surface area contributed by atoms with Gasteiger partial charge in [-0.25, -0.2) is 15.0 Å². The fourth-order valence-electron chi connectivity index (χ4n) is 4.78. The number of hydrogen-bond acceptors (Lipinski definition) is 8. The van der Waals surface area contributed by atoms with Gasteiger partial charge in [0.05, 0.1) is 18.6 Å². The molecule has 4 aromatic rings. The molecule has 0 aliphatic carbocycles. The molecule has 8 heteroatoms. The van der Waals surface area contributed by atoms with E-state index < -0.39 is 0 Å². The molecule has 0 saturated carbocycles. The van der Waals surface area contributed by atoms with Crippen molar-refractivity contribution in [2.24, 2.45) is 0 Å². The van der Waals surface area contributed by atoms with Gasteiger partial charge in [-0.15, -0.1) is 0 Å². The van der Waals surface area contributed by atoms with E-state index in [0.717, 1.165) is 47.7 Å². The van der Waals surface area contributed by atoms with Gasteiger partial charge in [0.25, 0.3) is 0 Å². The number of fused-ring (bicyclic) bond motifs is 3.